The molecular weight excluding hydrogens is 420 g/mol. The molecule has 0 amide bonds. The molecule has 7 heteroatoms. The highest BCUT2D eigenvalue weighted by Gasteiger charge is 2.05. The van der Waals surface area contributed by atoms with Crippen molar-refractivity contribution in [1.82, 2.24) is 0 Å². The van der Waals surface area contributed by atoms with Crippen molar-refractivity contribution in [3.63, 3.8) is 0 Å². The van der Waals surface area contributed by atoms with Crippen molar-refractivity contribution in [2.75, 3.05) is 0 Å². The average molecular weight is 436 g/mol. The molecule has 0 saturated carbocycles. The first kappa shape index (κ1) is 21.3. The van der Waals surface area contributed by atoms with Crippen LogP contribution in [0.3, 0.4) is 0 Å². The minimum Gasteiger partial charge on any atom is -0.457 e. The Morgan fingerprint density at radius 3 is 1.09 bits per heavy atom. The molecule has 0 bridgehead atoms. The summed E-state index contributed by atoms with van der Waals surface area (Å²) in [4.78, 5) is 28.1. The topological polar surface area (TPSA) is 86.6 Å². The normalized spacial score (nSPS) is 9.82. The third-order valence-corrected chi connectivity index (χ3v) is 4.30. The lowest BCUT2D eigenvalue weighted by atomic mass is 10.3. The van der Waals surface area contributed by atoms with Gasteiger partial charge < -0.3 is 14.2 Å². The number of rotatable bonds is 8. The van der Waals surface area contributed by atoms with E-state index in [2.05, 4.69) is 9.98 Å². The molecule has 0 aliphatic heterocycles. The molecule has 0 aliphatic carbocycles. The zero-order valence-electron chi connectivity index (χ0n) is 17.2. The SMILES string of the molecule is O=C=Nc1cccc(Oc2cccc(Oc3cccc(Oc4cccc(N=C=O)c4)c3)c2)c1. The smallest absolute Gasteiger partial charge is 0.240 e. The van der Waals surface area contributed by atoms with Gasteiger partial charge in [-0.3, -0.25) is 0 Å². The van der Waals surface area contributed by atoms with Gasteiger partial charge in [-0.05, 0) is 48.5 Å². The minimum absolute atomic E-state index is 0.454. The van der Waals surface area contributed by atoms with Crippen molar-refractivity contribution in [3.8, 4) is 34.5 Å². The maximum absolute atomic E-state index is 10.5. The van der Waals surface area contributed by atoms with E-state index in [1.54, 1.807) is 97.1 Å². The van der Waals surface area contributed by atoms with Crippen molar-refractivity contribution in [2.24, 2.45) is 9.98 Å². The largest absolute Gasteiger partial charge is 0.457 e. The van der Waals surface area contributed by atoms with E-state index in [1.807, 2.05) is 0 Å². The molecule has 4 rings (SSSR count). The summed E-state index contributed by atoms with van der Waals surface area (Å²) in [5.41, 5.74) is 0.908. The molecule has 7 nitrogen and oxygen atoms in total. The van der Waals surface area contributed by atoms with E-state index in [1.165, 1.54) is 12.2 Å². The molecule has 0 radical (unpaired) electrons. The lowest BCUT2D eigenvalue weighted by Gasteiger charge is -2.11. The van der Waals surface area contributed by atoms with E-state index in [0.717, 1.165) is 0 Å². The van der Waals surface area contributed by atoms with Crippen LogP contribution in [-0.4, -0.2) is 12.2 Å². The third kappa shape index (κ3) is 6.03. The standard InChI is InChI=1S/C26H16N2O5/c29-17-27-19-5-1-7-21(13-19)31-23-9-3-11-25(15-23)33-26-12-4-10-24(16-26)32-22-8-2-6-20(14-22)28-18-30/h1-16H. The van der Waals surface area contributed by atoms with Gasteiger partial charge in [-0.25, -0.2) is 9.59 Å². The first-order valence-electron chi connectivity index (χ1n) is 9.81. The third-order valence-electron chi connectivity index (χ3n) is 4.30. The van der Waals surface area contributed by atoms with E-state index in [4.69, 9.17) is 14.2 Å². The Morgan fingerprint density at radius 1 is 0.455 bits per heavy atom. The molecule has 0 N–H and O–H groups in total. The Kier molecular flexibility index (Phi) is 6.69. The molecule has 4 aromatic carbocycles. The van der Waals surface area contributed by atoms with Crippen LogP contribution < -0.4 is 14.2 Å². The summed E-state index contributed by atoms with van der Waals surface area (Å²) in [6.07, 6.45) is 3.02. The second-order valence-electron chi connectivity index (χ2n) is 6.66. The molecule has 4 aromatic rings. The van der Waals surface area contributed by atoms with Gasteiger partial charge in [-0.15, -0.1) is 0 Å². The van der Waals surface area contributed by atoms with Crippen molar-refractivity contribution in [1.29, 1.82) is 0 Å². The summed E-state index contributed by atoms with van der Waals surface area (Å²) < 4.78 is 17.7. The van der Waals surface area contributed by atoms with Crippen LogP contribution in [0.2, 0.25) is 0 Å². The van der Waals surface area contributed by atoms with Gasteiger partial charge in [0.15, 0.2) is 0 Å². The van der Waals surface area contributed by atoms with Crippen LogP contribution in [0, 0.1) is 0 Å². The van der Waals surface area contributed by atoms with Crippen LogP contribution in [0.4, 0.5) is 11.4 Å². The van der Waals surface area contributed by atoms with Crippen molar-refractivity contribution in [3.05, 3.63) is 97.1 Å². The van der Waals surface area contributed by atoms with Crippen molar-refractivity contribution < 1.29 is 23.8 Å². The van der Waals surface area contributed by atoms with E-state index in [0.29, 0.717) is 45.9 Å². The summed E-state index contributed by atoms with van der Waals surface area (Å²) in [5.74, 6) is 3.29. The Balaban J connectivity index is 1.47. The van der Waals surface area contributed by atoms with E-state index >= 15 is 0 Å². The number of carbonyl (C=O) groups excluding carboxylic acids is 2. The fourth-order valence-electron chi connectivity index (χ4n) is 2.95. The molecule has 0 fully saturated rings. The maximum atomic E-state index is 10.5. The molecular formula is C26H16N2O5. The molecule has 160 valence electrons. The quantitative estimate of drug-likeness (QED) is 0.219. The number of aliphatic imine (C=N–C) groups is 2. The Labute approximate surface area is 189 Å². The van der Waals surface area contributed by atoms with Gasteiger partial charge in [-0.2, -0.15) is 9.98 Å². The lowest BCUT2D eigenvalue weighted by molar-refractivity contribution is 0.451. The van der Waals surface area contributed by atoms with Gasteiger partial charge in [0.1, 0.15) is 34.5 Å². The molecule has 0 heterocycles. The molecule has 33 heavy (non-hydrogen) atoms. The summed E-state index contributed by atoms with van der Waals surface area (Å²) in [6, 6.07) is 27.9. The highest BCUT2D eigenvalue weighted by Crippen LogP contribution is 2.32. The highest BCUT2D eigenvalue weighted by molar-refractivity contribution is 5.53. The van der Waals surface area contributed by atoms with Crippen LogP contribution in [-0.2, 0) is 9.59 Å². The van der Waals surface area contributed by atoms with Gasteiger partial charge >= 0.3 is 0 Å². The van der Waals surface area contributed by atoms with Crippen molar-refractivity contribution in [2.45, 2.75) is 0 Å². The van der Waals surface area contributed by atoms with Crippen molar-refractivity contribution >= 4 is 23.5 Å². The van der Waals surface area contributed by atoms with Gasteiger partial charge in [0.25, 0.3) is 0 Å². The van der Waals surface area contributed by atoms with Crippen LogP contribution in [0.15, 0.2) is 107 Å². The molecule has 0 saturated heterocycles. The predicted octanol–water partition coefficient (Wildman–Crippen LogP) is 7.00. The van der Waals surface area contributed by atoms with Crippen LogP contribution >= 0.6 is 0 Å². The summed E-state index contributed by atoms with van der Waals surface area (Å²) >= 11 is 0. The zero-order valence-corrected chi connectivity index (χ0v) is 17.2. The first-order valence-corrected chi connectivity index (χ1v) is 9.81. The van der Waals surface area contributed by atoms with Crippen LogP contribution in [0.25, 0.3) is 0 Å². The monoisotopic (exact) mass is 436 g/mol. The number of hydrogen-bond donors (Lipinski definition) is 0. The molecule has 0 aromatic heterocycles. The minimum atomic E-state index is 0.454. The van der Waals surface area contributed by atoms with Gasteiger partial charge in [0, 0.05) is 24.3 Å². The average Bonchev–Trinajstić information content (AvgIpc) is 2.81. The summed E-state index contributed by atoms with van der Waals surface area (Å²) in [7, 11) is 0. The second kappa shape index (κ2) is 10.4. The number of hydrogen-bond acceptors (Lipinski definition) is 7. The molecule has 0 spiro atoms. The highest BCUT2D eigenvalue weighted by atomic mass is 16.5. The fourth-order valence-corrected chi connectivity index (χ4v) is 2.95. The predicted molar refractivity (Wildman–Crippen MR) is 122 cm³/mol. The number of isocyanates is 2. The van der Waals surface area contributed by atoms with Gasteiger partial charge in [0.05, 0.1) is 11.4 Å². The Bertz CT molecular complexity index is 1270. The molecule has 0 unspecified atom stereocenters. The van der Waals surface area contributed by atoms with Gasteiger partial charge in [-0.1, -0.05) is 24.3 Å². The summed E-state index contributed by atoms with van der Waals surface area (Å²) in [6.45, 7) is 0. The fraction of sp³-hybridized carbons (Fsp3) is 0. The van der Waals surface area contributed by atoms with Gasteiger partial charge in [0.2, 0.25) is 12.2 Å². The Morgan fingerprint density at radius 2 is 0.758 bits per heavy atom. The molecule has 0 atom stereocenters. The number of nitrogens with zero attached hydrogens (tertiary/aromatic N) is 2. The van der Waals surface area contributed by atoms with E-state index in [-0.39, 0.29) is 0 Å². The Hall–Kier alpha value is -4.96. The second-order valence-corrected chi connectivity index (χ2v) is 6.66. The maximum Gasteiger partial charge on any atom is 0.240 e. The molecule has 0 aliphatic rings. The van der Waals surface area contributed by atoms with Crippen LogP contribution in [0.1, 0.15) is 0 Å². The lowest BCUT2D eigenvalue weighted by Crippen LogP contribution is -1.88. The van der Waals surface area contributed by atoms with Crippen LogP contribution in [0.5, 0.6) is 34.5 Å². The van der Waals surface area contributed by atoms with E-state index in [9.17, 15) is 9.59 Å². The number of benzene rings is 4. The first-order chi connectivity index (χ1) is 16.2. The summed E-state index contributed by atoms with van der Waals surface area (Å²) in [5, 5.41) is 0. The zero-order chi connectivity index (χ0) is 22.9. The van der Waals surface area contributed by atoms with E-state index < -0.39 is 0 Å². The number of ether oxygens (including phenoxy) is 3.